The summed E-state index contributed by atoms with van der Waals surface area (Å²) in [6, 6.07) is 0. The van der Waals surface area contributed by atoms with Crippen LogP contribution in [0.4, 0.5) is 0 Å². The van der Waals surface area contributed by atoms with E-state index in [0.29, 0.717) is 29.4 Å². The monoisotopic (exact) mass is 450 g/mol. The average Bonchev–Trinajstić information content (AvgIpc) is 2.99. The van der Waals surface area contributed by atoms with Crippen LogP contribution in [0.2, 0.25) is 0 Å². The van der Waals surface area contributed by atoms with Gasteiger partial charge in [-0.3, -0.25) is 0 Å². The molecule has 0 unspecified atom stereocenters. The number of nitrogens with zero attached hydrogens (tertiary/aromatic N) is 4. The Balaban J connectivity index is 2.56. The van der Waals surface area contributed by atoms with E-state index < -0.39 is 0 Å². The average molecular weight is 451 g/mol. The first-order chi connectivity index (χ1) is 11.6. The topological polar surface area (TPSA) is 92.5 Å². The third kappa shape index (κ3) is 4.45. The zero-order valence-electron chi connectivity index (χ0n) is 10.9. The minimum atomic E-state index is 0.461. The number of aromatic nitrogens is 1. The summed E-state index contributed by atoms with van der Waals surface area (Å²) in [4.78, 5) is 10.8. The van der Waals surface area contributed by atoms with Crippen molar-refractivity contribution in [1.82, 2.24) is 4.98 Å². The second-order valence-corrected chi connectivity index (χ2v) is 8.85. The largest absolute Gasteiger partial charge is 0.347 e. The molecule has 2 rings (SSSR count). The number of nitriles is 2. The number of thiol groups is 2. The normalized spacial score (nSPS) is 9.96. The Bertz CT molecular complexity index is 821. The van der Waals surface area contributed by atoms with E-state index in [9.17, 15) is 0 Å². The third-order valence-electron chi connectivity index (χ3n) is 2.18. The van der Waals surface area contributed by atoms with Gasteiger partial charge in [-0.1, -0.05) is 0 Å². The van der Waals surface area contributed by atoms with Gasteiger partial charge in [-0.25, -0.2) is 4.98 Å². The smallest absolute Gasteiger partial charge is 0.300 e. The van der Waals surface area contributed by atoms with Gasteiger partial charge in [-0.2, -0.15) is 5.26 Å². The highest BCUT2D eigenvalue weighted by molar-refractivity contribution is 8.78. The zero-order chi connectivity index (χ0) is 17.5. The molecule has 122 valence electrons. The second kappa shape index (κ2) is 9.65. The molecule has 14 heteroatoms. The molecule has 0 aliphatic heterocycles. The summed E-state index contributed by atoms with van der Waals surface area (Å²) in [5.41, 5.74) is 0.526. The van der Waals surface area contributed by atoms with E-state index in [0.717, 1.165) is 39.6 Å². The Kier molecular flexibility index (Phi) is 7.87. The van der Waals surface area contributed by atoms with Crippen LogP contribution >= 0.6 is 82.3 Å². The lowest BCUT2D eigenvalue weighted by atomic mass is 10.3. The molecule has 0 radical (unpaired) electrons. The summed E-state index contributed by atoms with van der Waals surface area (Å²) in [5, 5.41) is 22.0. The number of hydrogen-bond acceptors (Lipinski definition) is 13. The van der Waals surface area contributed by atoms with Crippen molar-refractivity contribution in [2.75, 3.05) is 0 Å². The number of benzene rings is 1. The fourth-order valence-electron chi connectivity index (χ4n) is 1.42. The van der Waals surface area contributed by atoms with Gasteiger partial charge in [0.2, 0.25) is 0 Å². The van der Waals surface area contributed by atoms with E-state index in [1.165, 1.54) is 22.1 Å². The standard InChI is InChI=1S/C10H2N4O3S7/c1-13-16-17-23-10-14-4-7(22-15-2-11)5(18)6(19)9(8(4)21-10)24-20-3-12/h18-19H. The molecule has 1 heterocycles. The first-order valence-corrected chi connectivity index (χ1v) is 10.7. The molecule has 0 saturated heterocycles. The van der Waals surface area contributed by atoms with Crippen LogP contribution in [0.1, 0.15) is 0 Å². The summed E-state index contributed by atoms with van der Waals surface area (Å²) >= 11 is 11.7. The van der Waals surface area contributed by atoms with Gasteiger partial charge in [0.15, 0.2) is 4.34 Å². The van der Waals surface area contributed by atoms with Crippen molar-refractivity contribution < 1.29 is 13.5 Å². The van der Waals surface area contributed by atoms with Crippen LogP contribution in [-0.2, 0) is 13.5 Å². The maximum absolute atomic E-state index is 8.79. The molecular weight excluding hydrogens is 449 g/mol. The van der Waals surface area contributed by atoms with Gasteiger partial charge in [-0.05, 0) is 15.1 Å². The highest BCUT2D eigenvalue weighted by Gasteiger charge is 2.22. The Hall–Kier alpha value is -0.760. The molecule has 7 nitrogen and oxygen atoms in total. The maximum atomic E-state index is 8.79. The van der Waals surface area contributed by atoms with Gasteiger partial charge in [-0.15, -0.1) is 48.4 Å². The SMILES string of the molecule is [C-]#[N+]OOSc1nc2c(SOC#N)c(S)c(S)c(SSC#N)c2s1. The molecule has 0 fully saturated rings. The minimum Gasteiger partial charge on any atom is -0.347 e. The van der Waals surface area contributed by atoms with Crippen molar-refractivity contribution in [3.63, 3.8) is 0 Å². The molecule has 1 aromatic carbocycles. The van der Waals surface area contributed by atoms with E-state index in [2.05, 4.69) is 44.6 Å². The predicted molar refractivity (Wildman–Crippen MR) is 100 cm³/mol. The molecule has 1 aromatic heterocycles. The summed E-state index contributed by atoms with van der Waals surface area (Å²) in [7, 11) is 2.20. The predicted octanol–water partition coefficient (Wildman–Crippen LogP) is 5.39. The first kappa shape index (κ1) is 19.6. The lowest BCUT2D eigenvalue weighted by molar-refractivity contribution is -0.133. The summed E-state index contributed by atoms with van der Waals surface area (Å²) in [6.07, 6.45) is 1.57. The number of thiazole rings is 1. The lowest BCUT2D eigenvalue weighted by Crippen LogP contribution is -1.86. The summed E-state index contributed by atoms with van der Waals surface area (Å²) in [5.74, 6) is 0. The van der Waals surface area contributed by atoms with E-state index >= 15 is 0 Å². The number of hydrogen-bond donors (Lipinski definition) is 2. The van der Waals surface area contributed by atoms with Gasteiger partial charge in [0.25, 0.3) is 6.26 Å². The fourth-order valence-corrected chi connectivity index (χ4v) is 6.32. The van der Waals surface area contributed by atoms with Gasteiger partial charge in [0.1, 0.15) is 35.0 Å². The molecule has 0 amide bonds. The molecule has 0 aliphatic carbocycles. The Morgan fingerprint density at radius 3 is 2.62 bits per heavy atom. The molecule has 0 atom stereocenters. The van der Waals surface area contributed by atoms with Crippen molar-refractivity contribution in [3.8, 4) is 11.7 Å². The molecule has 0 N–H and O–H groups in total. The van der Waals surface area contributed by atoms with Crippen LogP contribution in [0.15, 0.2) is 23.9 Å². The molecule has 0 saturated carbocycles. The van der Waals surface area contributed by atoms with Gasteiger partial charge < -0.3 is 4.18 Å². The summed E-state index contributed by atoms with van der Waals surface area (Å²) in [6.45, 7) is 6.49. The Labute approximate surface area is 167 Å². The summed E-state index contributed by atoms with van der Waals surface area (Å²) < 4.78 is 10.5. The molecule has 2 aromatic rings. The van der Waals surface area contributed by atoms with Crippen molar-refractivity contribution in [3.05, 3.63) is 11.6 Å². The third-order valence-corrected chi connectivity index (χ3v) is 7.80. The van der Waals surface area contributed by atoms with Gasteiger partial charge in [0, 0.05) is 30.6 Å². The fraction of sp³-hybridized carbons (Fsp3) is 0. The Morgan fingerprint density at radius 1 is 1.21 bits per heavy atom. The molecule has 24 heavy (non-hydrogen) atoms. The molecule has 0 aliphatic rings. The van der Waals surface area contributed by atoms with Crippen LogP contribution in [0.5, 0.6) is 0 Å². The quantitative estimate of drug-likeness (QED) is 0.0836. The highest BCUT2D eigenvalue weighted by Crippen LogP contribution is 2.50. The molecule has 0 bridgehead atoms. The van der Waals surface area contributed by atoms with Crippen LogP contribution in [-0.4, -0.2) is 4.98 Å². The van der Waals surface area contributed by atoms with Crippen LogP contribution in [0, 0.1) is 28.8 Å². The highest BCUT2D eigenvalue weighted by atomic mass is 33.1. The van der Waals surface area contributed by atoms with Gasteiger partial charge in [0.05, 0.1) is 14.5 Å². The van der Waals surface area contributed by atoms with Crippen molar-refractivity contribution in [2.45, 2.75) is 23.9 Å². The van der Waals surface area contributed by atoms with Crippen molar-refractivity contribution in [2.24, 2.45) is 0 Å². The van der Waals surface area contributed by atoms with E-state index in [1.807, 2.05) is 5.40 Å². The number of thiocyanates is 1. The number of fused-ring (bicyclic) bond motifs is 1. The zero-order valence-corrected chi connectivity index (χ0v) is 16.8. The Morgan fingerprint density at radius 2 is 1.96 bits per heavy atom. The number of rotatable bonds is 7. The van der Waals surface area contributed by atoms with E-state index in [-0.39, 0.29) is 0 Å². The van der Waals surface area contributed by atoms with Gasteiger partial charge >= 0.3 is 0 Å². The van der Waals surface area contributed by atoms with Crippen molar-refractivity contribution in [1.29, 1.82) is 10.5 Å². The second-order valence-electron chi connectivity index (χ2n) is 3.35. The first-order valence-electron chi connectivity index (χ1n) is 5.34. The van der Waals surface area contributed by atoms with Crippen LogP contribution in [0.3, 0.4) is 0 Å². The molecule has 0 spiro atoms. The lowest BCUT2D eigenvalue weighted by Gasteiger charge is -2.10. The van der Waals surface area contributed by atoms with Crippen LogP contribution in [0.25, 0.3) is 15.2 Å². The van der Waals surface area contributed by atoms with E-state index in [1.54, 1.807) is 6.26 Å². The van der Waals surface area contributed by atoms with E-state index in [4.69, 9.17) is 21.3 Å². The van der Waals surface area contributed by atoms with Crippen LogP contribution < -0.4 is 0 Å². The maximum Gasteiger partial charge on any atom is 0.300 e. The minimum absolute atomic E-state index is 0.461. The van der Waals surface area contributed by atoms with Crippen molar-refractivity contribution >= 4 is 92.5 Å². The molecular formula is C10H2N4O3S7.